The predicted octanol–water partition coefficient (Wildman–Crippen LogP) is 3.06. The number of amides is 1. The highest BCUT2D eigenvalue weighted by Gasteiger charge is 2.22. The SMILES string of the molecule is O=C(Nc1cc(-c2cnc3nnn(Cc4cccc(F)c4)c3n2)c(Cl)cn1)C1CCCNC1. The van der Waals surface area contributed by atoms with E-state index in [1.54, 1.807) is 29.1 Å². The van der Waals surface area contributed by atoms with Crippen LogP contribution in [-0.4, -0.2) is 48.9 Å². The Bertz CT molecular complexity index is 1320. The van der Waals surface area contributed by atoms with E-state index < -0.39 is 0 Å². The van der Waals surface area contributed by atoms with Crippen LogP contribution in [-0.2, 0) is 11.3 Å². The number of hydrogen-bond donors (Lipinski definition) is 2. The summed E-state index contributed by atoms with van der Waals surface area (Å²) in [6.45, 7) is 1.86. The molecule has 5 rings (SSSR count). The standard InChI is InChI=1S/C22H20ClFN8O/c23-17-10-26-19(29-22(33)14-4-2-6-25-9-14)8-16(17)18-11-27-20-21(28-18)32(31-30-20)12-13-3-1-5-15(24)7-13/h1,3,5,7-8,10-11,14,25H,2,4,6,9,12H2,(H,26,29,33). The minimum atomic E-state index is -0.328. The van der Waals surface area contributed by atoms with Gasteiger partial charge in [-0.3, -0.25) is 4.79 Å². The number of nitrogens with one attached hydrogen (secondary N) is 2. The second kappa shape index (κ2) is 9.16. The molecule has 1 aromatic carbocycles. The van der Waals surface area contributed by atoms with Crippen molar-refractivity contribution < 1.29 is 9.18 Å². The number of anilines is 1. The molecule has 1 aliphatic heterocycles. The van der Waals surface area contributed by atoms with Crippen LogP contribution in [0.2, 0.25) is 5.02 Å². The first-order chi connectivity index (χ1) is 16.1. The molecule has 1 amide bonds. The third kappa shape index (κ3) is 4.67. The molecule has 11 heteroatoms. The summed E-state index contributed by atoms with van der Waals surface area (Å²) < 4.78 is 15.1. The average Bonchev–Trinajstić information content (AvgIpc) is 3.23. The Morgan fingerprint density at radius 1 is 1.27 bits per heavy atom. The van der Waals surface area contributed by atoms with E-state index >= 15 is 0 Å². The number of pyridine rings is 1. The maximum atomic E-state index is 13.6. The predicted molar refractivity (Wildman–Crippen MR) is 121 cm³/mol. The number of hydrogen-bond acceptors (Lipinski definition) is 7. The van der Waals surface area contributed by atoms with Crippen molar-refractivity contribution in [2.24, 2.45) is 5.92 Å². The van der Waals surface area contributed by atoms with Gasteiger partial charge >= 0.3 is 0 Å². The van der Waals surface area contributed by atoms with Crippen molar-refractivity contribution in [1.82, 2.24) is 35.3 Å². The van der Waals surface area contributed by atoms with E-state index in [0.717, 1.165) is 24.9 Å². The van der Waals surface area contributed by atoms with Gasteiger partial charge in [-0.05, 0) is 43.1 Å². The van der Waals surface area contributed by atoms with Crippen molar-refractivity contribution in [3.63, 3.8) is 0 Å². The van der Waals surface area contributed by atoms with Gasteiger partial charge in [-0.2, -0.15) is 0 Å². The van der Waals surface area contributed by atoms with Gasteiger partial charge in [0.1, 0.15) is 11.6 Å². The van der Waals surface area contributed by atoms with Crippen LogP contribution in [0.25, 0.3) is 22.6 Å². The molecule has 0 spiro atoms. The first-order valence-electron chi connectivity index (χ1n) is 10.5. The van der Waals surface area contributed by atoms with Crippen LogP contribution in [0.3, 0.4) is 0 Å². The molecule has 1 saturated heterocycles. The molecule has 4 aromatic rings. The van der Waals surface area contributed by atoms with Crippen LogP contribution < -0.4 is 10.6 Å². The zero-order chi connectivity index (χ0) is 22.8. The fourth-order valence-electron chi connectivity index (χ4n) is 3.81. The molecule has 4 heterocycles. The molecule has 9 nitrogen and oxygen atoms in total. The van der Waals surface area contributed by atoms with Gasteiger partial charge in [-0.25, -0.2) is 24.0 Å². The Balaban J connectivity index is 1.43. The molecule has 2 N–H and O–H groups in total. The number of fused-ring (bicyclic) bond motifs is 1. The van der Waals surface area contributed by atoms with Crippen LogP contribution in [0.5, 0.6) is 0 Å². The Kier molecular flexibility index (Phi) is 5.93. The minimum absolute atomic E-state index is 0.0816. The van der Waals surface area contributed by atoms with Crippen LogP contribution >= 0.6 is 11.6 Å². The van der Waals surface area contributed by atoms with Gasteiger partial charge in [0, 0.05) is 18.3 Å². The average molecular weight is 467 g/mol. The molecule has 1 atom stereocenters. The summed E-state index contributed by atoms with van der Waals surface area (Å²) in [6.07, 6.45) is 4.81. The highest BCUT2D eigenvalue weighted by molar-refractivity contribution is 6.33. The lowest BCUT2D eigenvalue weighted by Crippen LogP contribution is -2.37. The third-order valence-corrected chi connectivity index (χ3v) is 5.80. The van der Waals surface area contributed by atoms with Crippen molar-refractivity contribution >= 4 is 34.6 Å². The summed E-state index contributed by atoms with van der Waals surface area (Å²) in [5.41, 5.74) is 2.56. The Morgan fingerprint density at radius 2 is 2.18 bits per heavy atom. The van der Waals surface area contributed by atoms with Crippen molar-refractivity contribution in [3.8, 4) is 11.3 Å². The fraction of sp³-hybridized carbons (Fsp3) is 0.273. The monoisotopic (exact) mass is 466 g/mol. The van der Waals surface area contributed by atoms with Gasteiger partial charge in [0.25, 0.3) is 0 Å². The maximum Gasteiger partial charge on any atom is 0.229 e. The van der Waals surface area contributed by atoms with Crippen molar-refractivity contribution in [1.29, 1.82) is 0 Å². The molecule has 0 bridgehead atoms. The number of carbonyl (C=O) groups excluding carboxylic acids is 1. The number of aromatic nitrogens is 6. The Morgan fingerprint density at radius 3 is 3.00 bits per heavy atom. The molecule has 1 aliphatic rings. The summed E-state index contributed by atoms with van der Waals surface area (Å²) in [5.74, 6) is -0.120. The second-order valence-electron chi connectivity index (χ2n) is 7.86. The number of piperidine rings is 1. The second-order valence-corrected chi connectivity index (χ2v) is 8.27. The van der Waals surface area contributed by atoms with Crippen LogP contribution in [0.15, 0.2) is 42.7 Å². The first-order valence-corrected chi connectivity index (χ1v) is 10.9. The topological polar surface area (TPSA) is 111 Å². The summed E-state index contributed by atoms with van der Waals surface area (Å²) in [7, 11) is 0. The zero-order valence-electron chi connectivity index (χ0n) is 17.5. The highest BCUT2D eigenvalue weighted by atomic mass is 35.5. The lowest BCUT2D eigenvalue weighted by atomic mass is 9.99. The van der Waals surface area contributed by atoms with Gasteiger partial charge in [0.05, 0.1) is 29.4 Å². The van der Waals surface area contributed by atoms with Gasteiger partial charge in [-0.15, -0.1) is 5.10 Å². The smallest absolute Gasteiger partial charge is 0.229 e. The molecule has 3 aromatic heterocycles. The largest absolute Gasteiger partial charge is 0.316 e. The molecule has 1 unspecified atom stereocenters. The molecular weight excluding hydrogens is 447 g/mol. The summed E-state index contributed by atoms with van der Waals surface area (Å²) in [5, 5.41) is 14.6. The molecule has 0 aliphatic carbocycles. The third-order valence-electron chi connectivity index (χ3n) is 5.50. The van der Waals surface area contributed by atoms with E-state index in [1.165, 1.54) is 18.3 Å². The number of halogens is 2. The van der Waals surface area contributed by atoms with E-state index in [-0.39, 0.29) is 24.2 Å². The van der Waals surface area contributed by atoms with Crippen molar-refractivity contribution in [2.45, 2.75) is 19.4 Å². The van der Waals surface area contributed by atoms with Crippen molar-refractivity contribution in [3.05, 3.63) is 59.1 Å². The molecule has 1 fully saturated rings. The van der Waals surface area contributed by atoms with Gasteiger partial charge in [-0.1, -0.05) is 28.9 Å². The number of benzene rings is 1. The molecule has 33 heavy (non-hydrogen) atoms. The summed E-state index contributed by atoms with van der Waals surface area (Å²) in [4.78, 5) is 25.8. The number of rotatable bonds is 5. The van der Waals surface area contributed by atoms with E-state index in [0.29, 0.717) is 39.9 Å². The van der Waals surface area contributed by atoms with Gasteiger partial charge < -0.3 is 10.6 Å². The van der Waals surface area contributed by atoms with Crippen LogP contribution in [0.4, 0.5) is 10.2 Å². The Labute approximate surface area is 193 Å². The Hall–Kier alpha value is -3.50. The quantitative estimate of drug-likeness (QED) is 0.465. The molecular formula is C22H20ClFN8O. The van der Waals surface area contributed by atoms with Crippen LogP contribution in [0.1, 0.15) is 18.4 Å². The summed E-state index contributed by atoms with van der Waals surface area (Å²) >= 11 is 6.40. The van der Waals surface area contributed by atoms with Crippen LogP contribution in [0, 0.1) is 11.7 Å². The maximum absolute atomic E-state index is 13.6. The van der Waals surface area contributed by atoms with E-state index in [9.17, 15) is 9.18 Å². The molecule has 0 saturated carbocycles. The lowest BCUT2D eigenvalue weighted by Gasteiger charge is -2.21. The lowest BCUT2D eigenvalue weighted by molar-refractivity contribution is -0.120. The van der Waals surface area contributed by atoms with Gasteiger partial charge in [0.15, 0.2) is 5.65 Å². The van der Waals surface area contributed by atoms with Gasteiger partial charge in [0.2, 0.25) is 11.6 Å². The van der Waals surface area contributed by atoms with E-state index in [2.05, 4.69) is 35.9 Å². The van der Waals surface area contributed by atoms with E-state index in [4.69, 9.17) is 11.6 Å². The number of carbonyl (C=O) groups is 1. The first kappa shape index (κ1) is 21.4. The van der Waals surface area contributed by atoms with Crippen molar-refractivity contribution in [2.75, 3.05) is 18.4 Å². The fourth-order valence-corrected chi connectivity index (χ4v) is 4.01. The van der Waals surface area contributed by atoms with E-state index in [1.807, 2.05) is 0 Å². The summed E-state index contributed by atoms with van der Waals surface area (Å²) in [6, 6.07) is 7.92. The highest BCUT2D eigenvalue weighted by Crippen LogP contribution is 2.29. The molecule has 0 radical (unpaired) electrons. The molecule has 168 valence electrons. The zero-order valence-corrected chi connectivity index (χ0v) is 18.3. The minimum Gasteiger partial charge on any atom is -0.316 e. The number of nitrogens with zero attached hydrogens (tertiary/aromatic N) is 6. The normalized spacial score (nSPS) is 16.1.